The van der Waals surface area contributed by atoms with Crippen molar-refractivity contribution in [2.45, 2.75) is 5.92 Å². The maximum atomic E-state index is 13.3. The number of hydrazone groups is 1. The molecule has 2 heterocycles. The predicted octanol–water partition coefficient (Wildman–Crippen LogP) is 4.18. The molecule has 0 saturated carbocycles. The Morgan fingerprint density at radius 1 is 0.667 bits per heavy atom. The molecule has 0 aliphatic carbocycles. The third-order valence-electron chi connectivity index (χ3n) is 4.62. The summed E-state index contributed by atoms with van der Waals surface area (Å²) in [6, 6.07) is 30.4. The molecule has 0 bridgehead atoms. The highest BCUT2D eigenvalue weighted by molar-refractivity contribution is 6.10. The monoisotopic (exact) mass is 392 g/mol. The third-order valence-corrected chi connectivity index (χ3v) is 4.62. The van der Waals surface area contributed by atoms with Crippen LogP contribution in [-0.2, 0) is 4.79 Å². The Labute approximate surface area is 175 Å². The predicted molar refractivity (Wildman–Crippen MR) is 117 cm³/mol. The second-order valence-corrected chi connectivity index (χ2v) is 6.62. The largest absolute Gasteiger partial charge is 0.272 e. The molecule has 0 unspecified atom stereocenters. The van der Waals surface area contributed by atoms with Gasteiger partial charge in [-0.25, -0.2) is 5.43 Å². The molecular formula is C25H20N4O. The number of carbonyl (C=O) groups excluding carboxylic acids is 1. The molecule has 1 N–H and O–H groups in total. The molecule has 2 aromatic carbocycles. The zero-order valence-electron chi connectivity index (χ0n) is 16.2. The van der Waals surface area contributed by atoms with E-state index in [1.165, 1.54) is 0 Å². The molecular weight excluding hydrogens is 372 g/mol. The molecule has 2 aromatic heterocycles. The molecule has 4 aromatic rings. The van der Waals surface area contributed by atoms with Crippen LogP contribution in [0.5, 0.6) is 0 Å². The molecule has 0 saturated heterocycles. The Morgan fingerprint density at radius 2 is 1.13 bits per heavy atom. The van der Waals surface area contributed by atoms with Gasteiger partial charge in [0.1, 0.15) is 5.71 Å². The smallest absolute Gasteiger partial charge is 0.252 e. The van der Waals surface area contributed by atoms with Crippen LogP contribution >= 0.6 is 0 Å². The van der Waals surface area contributed by atoms with Crippen LogP contribution in [0.3, 0.4) is 0 Å². The first kappa shape index (κ1) is 19.2. The lowest BCUT2D eigenvalue weighted by atomic mass is 9.91. The molecule has 1 amide bonds. The van der Waals surface area contributed by atoms with E-state index in [0.29, 0.717) is 17.1 Å². The lowest BCUT2D eigenvalue weighted by Gasteiger charge is -2.16. The standard InChI is InChI=1S/C25H20N4O/c30-25(23(19-11-3-1-4-12-19)20-13-5-2-6-14-20)29-28-24(21-15-7-9-17-26-21)22-16-8-10-18-27-22/h1-18,23H,(H,29,30). The molecule has 30 heavy (non-hydrogen) atoms. The Hall–Kier alpha value is -4.12. The van der Waals surface area contributed by atoms with Crippen molar-refractivity contribution < 1.29 is 4.79 Å². The third kappa shape index (κ3) is 4.47. The van der Waals surface area contributed by atoms with Gasteiger partial charge in [-0.15, -0.1) is 0 Å². The topological polar surface area (TPSA) is 67.2 Å². The van der Waals surface area contributed by atoms with Gasteiger partial charge in [-0.2, -0.15) is 5.10 Å². The van der Waals surface area contributed by atoms with Crippen LogP contribution in [0.1, 0.15) is 28.4 Å². The van der Waals surface area contributed by atoms with Crippen molar-refractivity contribution in [1.29, 1.82) is 0 Å². The first-order valence-electron chi connectivity index (χ1n) is 9.63. The van der Waals surface area contributed by atoms with Gasteiger partial charge in [0.2, 0.25) is 0 Å². The number of benzene rings is 2. The van der Waals surface area contributed by atoms with E-state index >= 15 is 0 Å². The summed E-state index contributed by atoms with van der Waals surface area (Å²) in [5.41, 5.74) is 6.31. The van der Waals surface area contributed by atoms with Crippen molar-refractivity contribution in [3.05, 3.63) is 132 Å². The summed E-state index contributed by atoms with van der Waals surface area (Å²) in [6.07, 6.45) is 3.37. The number of carbonyl (C=O) groups is 1. The fraction of sp³-hybridized carbons (Fsp3) is 0.0400. The highest BCUT2D eigenvalue weighted by Gasteiger charge is 2.23. The number of rotatable bonds is 6. The lowest BCUT2D eigenvalue weighted by molar-refractivity contribution is -0.121. The Morgan fingerprint density at radius 3 is 1.57 bits per heavy atom. The van der Waals surface area contributed by atoms with Gasteiger partial charge >= 0.3 is 0 Å². The number of nitrogens with one attached hydrogen (secondary N) is 1. The van der Waals surface area contributed by atoms with Crippen LogP contribution in [0, 0.1) is 0 Å². The summed E-state index contributed by atoms with van der Waals surface area (Å²) < 4.78 is 0. The van der Waals surface area contributed by atoms with Gasteiger partial charge in [0.15, 0.2) is 0 Å². The van der Waals surface area contributed by atoms with Crippen LogP contribution < -0.4 is 5.43 Å². The molecule has 0 fully saturated rings. The van der Waals surface area contributed by atoms with Crippen LogP contribution in [0.2, 0.25) is 0 Å². The fourth-order valence-corrected chi connectivity index (χ4v) is 3.21. The molecule has 0 aliphatic rings. The zero-order chi connectivity index (χ0) is 20.6. The second-order valence-electron chi connectivity index (χ2n) is 6.62. The Balaban J connectivity index is 1.69. The summed E-state index contributed by atoms with van der Waals surface area (Å²) in [5.74, 6) is -0.707. The Kier molecular flexibility index (Phi) is 6.01. The number of hydrogen-bond acceptors (Lipinski definition) is 4. The quantitative estimate of drug-likeness (QED) is 0.395. The average Bonchev–Trinajstić information content (AvgIpc) is 2.82. The second kappa shape index (κ2) is 9.39. The van der Waals surface area contributed by atoms with E-state index in [-0.39, 0.29) is 5.91 Å². The van der Waals surface area contributed by atoms with Gasteiger partial charge in [-0.1, -0.05) is 72.8 Å². The lowest BCUT2D eigenvalue weighted by Crippen LogP contribution is -2.28. The van der Waals surface area contributed by atoms with Crippen LogP contribution in [0.4, 0.5) is 0 Å². The van der Waals surface area contributed by atoms with Crippen LogP contribution in [-0.4, -0.2) is 21.6 Å². The maximum Gasteiger partial charge on any atom is 0.252 e. The molecule has 0 aliphatic heterocycles. The van der Waals surface area contributed by atoms with Gasteiger partial charge < -0.3 is 0 Å². The van der Waals surface area contributed by atoms with Gasteiger partial charge in [-0.05, 0) is 35.4 Å². The van der Waals surface area contributed by atoms with Crippen molar-refractivity contribution in [2.24, 2.45) is 5.10 Å². The van der Waals surface area contributed by atoms with Crippen LogP contribution in [0.15, 0.2) is 115 Å². The first-order valence-corrected chi connectivity index (χ1v) is 9.63. The molecule has 4 rings (SSSR count). The molecule has 0 radical (unpaired) electrons. The van der Waals surface area contributed by atoms with Gasteiger partial charge in [-0.3, -0.25) is 14.8 Å². The SMILES string of the molecule is O=C(NN=C(c1ccccn1)c1ccccn1)C(c1ccccc1)c1ccccc1. The molecule has 0 atom stereocenters. The molecule has 5 heteroatoms. The number of aromatic nitrogens is 2. The van der Waals surface area contributed by atoms with E-state index in [2.05, 4.69) is 20.5 Å². The molecule has 146 valence electrons. The van der Waals surface area contributed by atoms with Gasteiger partial charge in [0.05, 0.1) is 17.3 Å². The van der Waals surface area contributed by atoms with E-state index in [4.69, 9.17) is 0 Å². The minimum absolute atomic E-state index is 0.225. The summed E-state index contributed by atoms with van der Waals surface area (Å²) in [7, 11) is 0. The first-order chi connectivity index (χ1) is 14.8. The van der Waals surface area contributed by atoms with E-state index in [1.54, 1.807) is 12.4 Å². The number of pyridine rings is 2. The minimum Gasteiger partial charge on any atom is -0.272 e. The fourth-order valence-electron chi connectivity index (χ4n) is 3.21. The average molecular weight is 392 g/mol. The van der Waals surface area contributed by atoms with Crippen molar-refractivity contribution in [1.82, 2.24) is 15.4 Å². The minimum atomic E-state index is -0.482. The summed E-state index contributed by atoms with van der Waals surface area (Å²) >= 11 is 0. The number of nitrogens with zero attached hydrogens (tertiary/aromatic N) is 3. The van der Waals surface area contributed by atoms with Crippen molar-refractivity contribution >= 4 is 11.6 Å². The normalized spacial score (nSPS) is 10.4. The maximum absolute atomic E-state index is 13.3. The van der Waals surface area contributed by atoms with E-state index < -0.39 is 5.92 Å². The molecule has 0 spiro atoms. The summed E-state index contributed by atoms with van der Waals surface area (Å²) in [6.45, 7) is 0. The summed E-state index contributed by atoms with van der Waals surface area (Å²) in [4.78, 5) is 22.0. The number of hydrogen-bond donors (Lipinski definition) is 1. The van der Waals surface area contributed by atoms with Crippen molar-refractivity contribution in [3.63, 3.8) is 0 Å². The van der Waals surface area contributed by atoms with E-state index in [1.807, 2.05) is 97.1 Å². The molecule has 5 nitrogen and oxygen atoms in total. The highest BCUT2D eigenvalue weighted by atomic mass is 16.2. The van der Waals surface area contributed by atoms with Crippen molar-refractivity contribution in [3.8, 4) is 0 Å². The van der Waals surface area contributed by atoms with Crippen LogP contribution in [0.25, 0.3) is 0 Å². The highest BCUT2D eigenvalue weighted by Crippen LogP contribution is 2.24. The van der Waals surface area contributed by atoms with E-state index in [0.717, 1.165) is 11.1 Å². The van der Waals surface area contributed by atoms with E-state index in [9.17, 15) is 4.79 Å². The van der Waals surface area contributed by atoms with Gasteiger partial charge in [0, 0.05) is 12.4 Å². The summed E-state index contributed by atoms with van der Waals surface area (Å²) in [5, 5.41) is 4.43. The number of amides is 1. The zero-order valence-corrected chi connectivity index (χ0v) is 16.2. The van der Waals surface area contributed by atoms with Crippen molar-refractivity contribution in [2.75, 3.05) is 0 Å². The van der Waals surface area contributed by atoms with Gasteiger partial charge in [0.25, 0.3) is 5.91 Å². The Bertz CT molecular complexity index is 1030.